The van der Waals surface area contributed by atoms with E-state index in [9.17, 15) is 14.4 Å². The summed E-state index contributed by atoms with van der Waals surface area (Å²) in [5.74, 6) is -0.425. The molecule has 6 rings (SSSR count). The molecule has 1 atom stereocenters. The minimum absolute atomic E-state index is 0.197. The molecule has 1 fully saturated rings. The number of H-pyrrole nitrogens is 1. The molecule has 9 nitrogen and oxygen atoms in total. The maximum atomic E-state index is 13.2. The number of fused-ring (bicyclic) bond motifs is 1. The van der Waals surface area contributed by atoms with Gasteiger partial charge in [-0.05, 0) is 18.6 Å². The molecule has 3 aromatic heterocycles. The molecule has 3 amide bonds. The quantitative estimate of drug-likeness (QED) is 0.417. The summed E-state index contributed by atoms with van der Waals surface area (Å²) in [6.07, 6.45) is 7.41. The van der Waals surface area contributed by atoms with Gasteiger partial charge in [0.1, 0.15) is 11.9 Å². The number of anilines is 3. The molecule has 0 bridgehead atoms. The second-order valence-corrected chi connectivity index (χ2v) is 7.61. The lowest BCUT2D eigenvalue weighted by Gasteiger charge is -2.30. The van der Waals surface area contributed by atoms with E-state index in [-0.39, 0.29) is 24.7 Å². The summed E-state index contributed by atoms with van der Waals surface area (Å²) < 4.78 is 0. The zero-order chi connectivity index (χ0) is 23.1. The number of amides is 3. The van der Waals surface area contributed by atoms with Crippen LogP contribution in [-0.2, 0) is 9.59 Å². The molecule has 0 radical (unpaired) electrons. The van der Waals surface area contributed by atoms with Gasteiger partial charge in [-0.2, -0.15) is 0 Å². The zero-order valence-electron chi connectivity index (χ0n) is 18.2. The van der Waals surface area contributed by atoms with E-state index < -0.39 is 11.9 Å². The van der Waals surface area contributed by atoms with E-state index in [1.165, 1.54) is 4.90 Å². The third kappa shape index (κ3) is 3.20. The molecular formula is C24H22N6O3. The van der Waals surface area contributed by atoms with Crippen LogP contribution in [0.4, 0.5) is 17.2 Å². The minimum Gasteiger partial charge on any atom is -0.358 e. The van der Waals surface area contributed by atoms with Crippen molar-refractivity contribution in [2.24, 2.45) is 0 Å². The third-order valence-corrected chi connectivity index (χ3v) is 5.86. The normalized spacial score (nSPS) is 17.2. The van der Waals surface area contributed by atoms with Gasteiger partial charge in [-0.15, -0.1) is 0 Å². The van der Waals surface area contributed by atoms with Gasteiger partial charge < -0.3 is 10.3 Å². The van der Waals surface area contributed by atoms with Gasteiger partial charge in [0.25, 0.3) is 5.91 Å². The fourth-order valence-corrected chi connectivity index (χ4v) is 4.43. The van der Waals surface area contributed by atoms with Crippen molar-refractivity contribution >= 4 is 56.6 Å². The first-order chi connectivity index (χ1) is 16.1. The van der Waals surface area contributed by atoms with Gasteiger partial charge in [0.2, 0.25) is 11.8 Å². The Morgan fingerprint density at radius 3 is 2.76 bits per heavy atom. The summed E-state index contributed by atoms with van der Waals surface area (Å²) in [5.41, 5.74) is 2.84. The lowest BCUT2D eigenvalue weighted by Crippen LogP contribution is -2.53. The van der Waals surface area contributed by atoms with E-state index in [0.29, 0.717) is 17.1 Å². The maximum absolute atomic E-state index is 13.2. The first kappa shape index (κ1) is 20.6. The van der Waals surface area contributed by atoms with Crippen molar-refractivity contribution < 1.29 is 14.4 Å². The Morgan fingerprint density at radius 1 is 1.09 bits per heavy atom. The van der Waals surface area contributed by atoms with Crippen molar-refractivity contribution in [2.45, 2.75) is 32.7 Å². The SMILES string of the molecule is CC.O=C1CCC(N2C(=O)c3cccc4c(Nc5c[nH]c6cnccc56)ncc2c34)C(=O)N1. The molecule has 0 spiro atoms. The topological polar surface area (TPSA) is 120 Å². The van der Waals surface area contributed by atoms with Gasteiger partial charge in [-0.25, -0.2) is 4.98 Å². The number of nitrogens with one attached hydrogen (secondary N) is 3. The Kier molecular flexibility index (Phi) is 5.01. The summed E-state index contributed by atoms with van der Waals surface area (Å²) >= 11 is 0. The van der Waals surface area contributed by atoms with Gasteiger partial charge in [-0.1, -0.05) is 26.0 Å². The van der Waals surface area contributed by atoms with Crippen molar-refractivity contribution in [1.29, 1.82) is 0 Å². The fourth-order valence-electron chi connectivity index (χ4n) is 4.43. The number of carbonyl (C=O) groups excluding carboxylic acids is 3. The van der Waals surface area contributed by atoms with Crippen molar-refractivity contribution in [2.75, 3.05) is 10.2 Å². The van der Waals surface area contributed by atoms with Crippen LogP contribution in [0, 0.1) is 0 Å². The van der Waals surface area contributed by atoms with E-state index >= 15 is 0 Å². The highest BCUT2D eigenvalue weighted by Crippen LogP contribution is 2.42. The predicted molar refractivity (Wildman–Crippen MR) is 125 cm³/mol. The van der Waals surface area contributed by atoms with E-state index in [1.54, 1.807) is 30.7 Å². The molecule has 3 N–H and O–H groups in total. The number of pyridine rings is 2. The number of hydrogen-bond acceptors (Lipinski definition) is 6. The van der Waals surface area contributed by atoms with Gasteiger partial charge in [0.05, 0.1) is 34.8 Å². The van der Waals surface area contributed by atoms with Crippen molar-refractivity contribution in [1.82, 2.24) is 20.3 Å². The number of rotatable bonds is 3. The Hall–Kier alpha value is -4.27. The monoisotopic (exact) mass is 442 g/mol. The van der Waals surface area contributed by atoms with Crippen LogP contribution >= 0.6 is 0 Å². The van der Waals surface area contributed by atoms with Crippen molar-refractivity contribution in [3.63, 3.8) is 0 Å². The van der Waals surface area contributed by atoms with Crippen LogP contribution in [-0.4, -0.2) is 38.7 Å². The lowest BCUT2D eigenvalue weighted by molar-refractivity contribution is -0.134. The second kappa shape index (κ2) is 8.01. The molecule has 0 aliphatic carbocycles. The molecular weight excluding hydrogens is 420 g/mol. The van der Waals surface area contributed by atoms with Crippen molar-refractivity contribution in [3.8, 4) is 0 Å². The average molecular weight is 442 g/mol. The Balaban J connectivity index is 0.00000111. The number of aromatic amines is 1. The summed E-state index contributed by atoms with van der Waals surface area (Å²) in [7, 11) is 0. The van der Waals surface area contributed by atoms with Crippen LogP contribution < -0.4 is 15.5 Å². The van der Waals surface area contributed by atoms with Gasteiger partial charge in [0.15, 0.2) is 0 Å². The van der Waals surface area contributed by atoms with E-state index in [0.717, 1.165) is 27.4 Å². The number of benzene rings is 1. The maximum Gasteiger partial charge on any atom is 0.259 e. The number of imide groups is 1. The zero-order valence-corrected chi connectivity index (χ0v) is 18.2. The standard InChI is InChI=1S/C22H16N6O3.C2H6/c29-18-5-4-16(21(30)27-18)28-17-10-25-20(12-2-1-3-13(19(12)17)22(28)31)26-15-9-24-14-8-23-7-6-11(14)15;1-2/h1-3,6-10,16,24H,4-5H2,(H,25,26)(H,27,29,30);1-2H3. The first-order valence-electron chi connectivity index (χ1n) is 10.9. The Morgan fingerprint density at radius 2 is 1.94 bits per heavy atom. The minimum atomic E-state index is -0.734. The smallest absolute Gasteiger partial charge is 0.259 e. The Labute approximate surface area is 189 Å². The molecule has 33 heavy (non-hydrogen) atoms. The Bertz CT molecular complexity index is 1430. The van der Waals surface area contributed by atoms with Crippen LogP contribution in [0.3, 0.4) is 0 Å². The van der Waals surface area contributed by atoms with E-state index in [2.05, 4.69) is 25.6 Å². The molecule has 1 saturated heterocycles. The van der Waals surface area contributed by atoms with Crippen LogP contribution in [0.2, 0.25) is 0 Å². The van der Waals surface area contributed by atoms with Crippen LogP contribution in [0.5, 0.6) is 0 Å². The number of aromatic nitrogens is 3. The highest BCUT2D eigenvalue weighted by atomic mass is 16.2. The molecule has 4 aromatic rings. The summed E-state index contributed by atoms with van der Waals surface area (Å²) in [5, 5.41) is 8.18. The predicted octanol–water partition coefficient (Wildman–Crippen LogP) is 3.65. The van der Waals surface area contributed by atoms with Crippen LogP contribution in [0.1, 0.15) is 37.0 Å². The summed E-state index contributed by atoms with van der Waals surface area (Å²) in [6, 6.07) is 6.63. The number of carbonyl (C=O) groups is 3. The van der Waals surface area contributed by atoms with Crippen LogP contribution in [0.25, 0.3) is 21.7 Å². The molecule has 9 heteroatoms. The van der Waals surface area contributed by atoms with E-state index in [1.807, 2.05) is 32.2 Å². The molecule has 166 valence electrons. The second-order valence-electron chi connectivity index (χ2n) is 7.61. The van der Waals surface area contributed by atoms with E-state index in [4.69, 9.17) is 0 Å². The number of nitrogens with zero attached hydrogens (tertiary/aromatic N) is 3. The molecule has 5 heterocycles. The average Bonchev–Trinajstić information content (AvgIpc) is 3.37. The number of hydrogen-bond donors (Lipinski definition) is 3. The third-order valence-electron chi connectivity index (χ3n) is 5.86. The molecule has 1 aromatic carbocycles. The molecule has 2 aliphatic heterocycles. The summed E-state index contributed by atoms with van der Waals surface area (Å²) in [6.45, 7) is 4.00. The molecule has 2 aliphatic rings. The van der Waals surface area contributed by atoms with Gasteiger partial charge in [0, 0.05) is 35.0 Å². The van der Waals surface area contributed by atoms with Gasteiger partial charge >= 0.3 is 0 Å². The lowest BCUT2D eigenvalue weighted by atomic mass is 10.0. The largest absolute Gasteiger partial charge is 0.358 e. The van der Waals surface area contributed by atoms with Crippen molar-refractivity contribution in [3.05, 3.63) is 54.6 Å². The van der Waals surface area contributed by atoms with Crippen LogP contribution in [0.15, 0.2) is 49.1 Å². The highest BCUT2D eigenvalue weighted by molar-refractivity contribution is 6.28. The summed E-state index contributed by atoms with van der Waals surface area (Å²) in [4.78, 5) is 50.5. The molecule has 1 unspecified atom stereocenters. The van der Waals surface area contributed by atoms with Gasteiger partial charge in [-0.3, -0.25) is 29.6 Å². The number of piperidine rings is 1. The highest BCUT2D eigenvalue weighted by Gasteiger charge is 2.41. The first-order valence-corrected chi connectivity index (χ1v) is 10.9. The fraction of sp³-hybridized carbons (Fsp3) is 0.208. The molecule has 0 saturated carbocycles.